The Morgan fingerprint density at radius 2 is 1.90 bits per heavy atom. The van der Waals surface area contributed by atoms with E-state index in [4.69, 9.17) is 5.73 Å². The van der Waals surface area contributed by atoms with E-state index in [1.165, 1.54) is 5.56 Å². The van der Waals surface area contributed by atoms with Crippen molar-refractivity contribution in [1.82, 2.24) is 19.3 Å². The van der Waals surface area contributed by atoms with Gasteiger partial charge >= 0.3 is 0 Å². The number of aryl methyl sites for hydroxylation is 2. The molecule has 0 aliphatic carbocycles. The first-order valence-electron chi connectivity index (χ1n) is 6.48. The molecular weight excluding hydrogens is 250 g/mol. The highest BCUT2D eigenvalue weighted by atomic mass is 15.3. The quantitative estimate of drug-likeness (QED) is 0.789. The van der Waals surface area contributed by atoms with Gasteiger partial charge in [0.1, 0.15) is 11.6 Å². The normalized spacial score (nSPS) is 10.9. The van der Waals surface area contributed by atoms with E-state index in [-0.39, 0.29) is 0 Å². The van der Waals surface area contributed by atoms with E-state index < -0.39 is 0 Å². The molecule has 20 heavy (non-hydrogen) atoms. The van der Waals surface area contributed by atoms with Crippen molar-refractivity contribution in [2.75, 3.05) is 5.73 Å². The van der Waals surface area contributed by atoms with Crippen LogP contribution in [-0.4, -0.2) is 19.3 Å². The van der Waals surface area contributed by atoms with Crippen LogP contribution in [0.3, 0.4) is 0 Å². The predicted octanol–water partition coefficient (Wildman–Crippen LogP) is 1.99. The minimum absolute atomic E-state index is 0.682. The highest BCUT2D eigenvalue weighted by Crippen LogP contribution is 2.25. The summed E-state index contributed by atoms with van der Waals surface area (Å²) in [6, 6.07) is 8.37. The largest absolute Gasteiger partial charge is 0.383 e. The lowest BCUT2D eigenvalue weighted by Crippen LogP contribution is -1.99. The number of anilines is 1. The maximum Gasteiger partial charge on any atom is 0.129 e. The third kappa shape index (κ3) is 2.18. The predicted molar refractivity (Wildman–Crippen MR) is 79.1 cm³/mol. The fourth-order valence-electron chi connectivity index (χ4n) is 2.22. The summed E-state index contributed by atoms with van der Waals surface area (Å²) in [5, 5.41) is 4.17. The van der Waals surface area contributed by atoms with Crippen molar-refractivity contribution in [3.8, 4) is 11.1 Å². The molecule has 5 heteroatoms. The van der Waals surface area contributed by atoms with E-state index in [1.54, 1.807) is 10.9 Å². The summed E-state index contributed by atoms with van der Waals surface area (Å²) >= 11 is 0. The molecule has 1 aromatic carbocycles. The number of aromatic nitrogens is 4. The molecule has 0 fully saturated rings. The lowest BCUT2D eigenvalue weighted by atomic mass is 10.0. The number of rotatable bonds is 3. The average molecular weight is 267 g/mol. The van der Waals surface area contributed by atoms with Gasteiger partial charge in [-0.25, -0.2) is 4.98 Å². The Morgan fingerprint density at radius 1 is 1.15 bits per heavy atom. The van der Waals surface area contributed by atoms with Crippen molar-refractivity contribution in [3.63, 3.8) is 0 Å². The molecule has 2 aromatic heterocycles. The zero-order valence-corrected chi connectivity index (χ0v) is 11.6. The molecule has 5 nitrogen and oxygen atoms in total. The first-order chi connectivity index (χ1) is 9.65. The summed E-state index contributed by atoms with van der Waals surface area (Å²) in [5.41, 5.74) is 9.27. The van der Waals surface area contributed by atoms with Crippen LogP contribution in [0.15, 0.2) is 42.9 Å². The molecule has 0 amide bonds. The van der Waals surface area contributed by atoms with Gasteiger partial charge in [-0.1, -0.05) is 24.3 Å². The second-order valence-corrected chi connectivity index (χ2v) is 4.90. The molecule has 0 saturated heterocycles. The molecule has 2 heterocycles. The van der Waals surface area contributed by atoms with E-state index in [9.17, 15) is 0 Å². The monoisotopic (exact) mass is 267 g/mol. The van der Waals surface area contributed by atoms with Gasteiger partial charge in [-0.2, -0.15) is 5.10 Å². The molecule has 3 aromatic rings. The smallest absolute Gasteiger partial charge is 0.129 e. The van der Waals surface area contributed by atoms with Gasteiger partial charge in [0.25, 0.3) is 0 Å². The molecule has 0 aliphatic heterocycles. The molecule has 0 unspecified atom stereocenters. The Bertz CT molecular complexity index is 721. The lowest BCUT2D eigenvalue weighted by molar-refractivity contribution is 0.779. The van der Waals surface area contributed by atoms with Crippen molar-refractivity contribution in [2.24, 2.45) is 14.1 Å². The molecule has 2 N–H and O–H groups in total. The van der Waals surface area contributed by atoms with Gasteiger partial charge in [-0.15, -0.1) is 0 Å². The van der Waals surface area contributed by atoms with Crippen molar-refractivity contribution in [1.29, 1.82) is 0 Å². The molecular formula is C15H17N5. The number of benzene rings is 1. The van der Waals surface area contributed by atoms with Crippen LogP contribution in [0.2, 0.25) is 0 Å². The third-order valence-electron chi connectivity index (χ3n) is 3.53. The Hall–Kier alpha value is -2.56. The van der Waals surface area contributed by atoms with Crippen LogP contribution < -0.4 is 5.73 Å². The fourth-order valence-corrected chi connectivity index (χ4v) is 2.22. The summed E-state index contributed by atoms with van der Waals surface area (Å²) in [6.07, 6.45) is 6.40. The minimum Gasteiger partial charge on any atom is -0.383 e. The van der Waals surface area contributed by atoms with Gasteiger partial charge in [0, 0.05) is 38.5 Å². The lowest BCUT2D eigenvalue weighted by Gasteiger charge is -2.05. The average Bonchev–Trinajstić information content (AvgIpc) is 2.99. The van der Waals surface area contributed by atoms with Gasteiger partial charge in [0.2, 0.25) is 0 Å². The van der Waals surface area contributed by atoms with Crippen molar-refractivity contribution in [2.45, 2.75) is 6.42 Å². The highest BCUT2D eigenvalue weighted by Gasteiger charge is 2.07. The Labute approximate surface area is 117 Å². The standard InChI is InChI=1S/C15H17N5/c1-19-8-7-17-14(19)9-11-3-5-12(6-4-11)13-10-18-20(2)15(13)16/h3-8,10H,9,16H2,1-2H3. The van der Waals surface area contributed by atoms with Gasteiger partial charge < -0.3 is 10.3 Å². The minimum atomic E-state index is 0.682. The molecule has 0 bridgehead atoms. The molecule has 3 rings (SSSR count). The van der Waals surface area contributed by atoms with E-state index in [0.717, 1.165) is 23.4 Å². The molecule has 0 spiro atoms. The molecule has 0 radical (unpaired) electrons. The molecule has 0 aliphatic rings. The number of hydrogen-bond acceptors (Lipinski definition) is 3. The molecule has 102 valence electrons. The number of imidazole rings is 1. The van der Waals surface area contributed by atoms with Crippen molar-refractivity contribution in [3.05, 3.63) is 54.2 Å². The first-order valence-corrected chi connectivity index (χ1v) is 6.48. The van der Waals surface area contributed by atoms with Crippen LogP contribution >= 0.6 is 0 Å². The van der Waals surface area contributed by atoms with E-state index in [2.05, 4.69) is 34.3 Å². The Morgan fingerprint density at radius 3 is 2.45 bits per heavy atom. The summed E-state index contributed by atoms with van der Waals surface area (Å²) in [6.45, 7) is 0. The number of nitrogen functional groups attached to an aromatic ring is 1. The van der Waals surface area contributed by atoms with Crippen LogP contribution in [0.1, 0.15) is 11.4 Å². The zero-order valence-electron chi connectivity index (χ0n) is 11.6. The maximum atomic E-state index is 5.99. The molecule has 0 saturated carbocycles. The highest BCUT2D eigenvalue weighted by molar-refractivity contribution is 5.73. The SMILES string of the molecule is Cn1ccnc1Cc1ccc(-c2cnn(C)c2N)cc1. The topological polar surface area (TPSA) is 61.7 Å². The number of nitrogens with two attached hydrogens (primary N) is 1. The second-order valence-electron chi connectivity index (χ2n) is 4.90. The van der Waals surface area contributed by atoms with Gasteiger partial charge in [-0.3, -0.25) is 4.68 Å². The van der Waals surface area contributed by atoms with Gasteiger partial charge in [0.15, 0.2) is 0 Å². The first kappa shape index (κ1) is 12.5. The van der Waals surface area contributed by atoms with Crippen molar-refractivity contribution < 1.29 is 0 Å². The van der Waals surface area contributed by atoms with Gasteiger partial charge in [-0.05, 0) is 11.1 Å². The second kappa shape index (κ2) is 4.85. The zero-order chi connectivity index (χ0) is 14.1. The van der Waals surface area contributed by atoms with Gasteiger partial charge in [0.05, 0.1) is 6.20 Å². The number of hydrogen-bond donors (Lipinski definition) is 1. The van der Waals surface area contributed by atoms with Crippen LogP contribution in [0.25, 0.3) is 11.1 Å². The summed E-state index contributed by atoms with van der Waals surface area (Å²) in [4.78, 5) is 4.34. The summed E-state index contributed by atoms with van der Waals surface area (Å²) < 4.78 is 3.71. The van der Waals surface area contributed by atoms with Crippen LogP contribution in [0.5, 0.6) is 0 Å². The van der Waals surface area contributed by atoms with Crippen LogP contribution in [0.4, 0.5) is 5.82 Å². The fraction of sp³-hybridized carbons (Fsp3) is 0.200. The number of nitrogens with zero attached hydrogens (tertiary/aromatic N) is 4. The van der Waals surface area contributed by atoms with Crippen LogP contribution in [0, 0.1) is 0 Å². The third-order valence-corrected chi connectivity index (χ3v) is 3.53. The van der Waals surface area contributed by atoms with Crippen LogP contribution in [-0.2, 0) is 20.5 Å². The van der Waals surface area contributed by atoms with Crippen molar-refractivity contribution >= 4 is 5.82 Å². The Balaban J connectivity index is 1.85. The van der Waals surface area contributed by atoms with E-state index >= 15 is 0 Å². The van der Waals surface area contributed by atoms with E-state index in [1.807, 2.05) is 31.1 Å². The summed E-state index contributed by atoms with van der Waals surface area (Å²) in [5.74, 6) is 1.74. The summed E-state index contributed by atoms with van der Waals surface area (Å²) in [7, 11) is 3.85. The van der Waals surface area contributed by atoms with E-state index in [0.29, 0.717) is 5.82 Å². The molecule has 0 atom stereocenters. The Kier molecular flexibility index (Phi) is 3.02. The maximum absolute atomic E-state index is 5.99.